The average molecular weight is 516 g/mol. The largest absolute Gasteiger partial charge is 0.383 e. The van der Waals surface area contributed by atoms with Crippen LogP contribution in [0, 0.1) is 11.3 Å². The first kappa shape index (κ1) is 24.2. The molecule has 0 radical (unpaired) electrons. The summed E-state index contributed by atoms with van der Waals surface area (Å²) in [5, 5.41) is 9.06. The second-order valence-corrected chi connectivity index (χ2v) is 9.33. The predicted molar refractivity (Wildman–Crippen MR) is 147 cm³/mol. The fourth-order valence-electron chi connectivity index (χ4n) is 4.87. The zero-order valence-corrected chi connectivity index (χ0v) is 21.1. The number of benzene rings is 1. The number of carbonyl (C=O) groups is 1. The second kappa shape index (κ2) is 10.3. The molecule has 192 valence electrons. The standard InChI is InChI=1S/C29H25N9O/c30-18-22-17-21(9-12-32-22)29(39)37-15-13-36(14-16-37)19-20-5-7-23(8-6-20)38-27(24-3-1-10-33-26(24)31)35-25-4-2-11-34-28(25)38/h1-12,17H,13-16,19H2,(H2,31,33). The molecule has 6 rings (SSSR count). The summed E-state index contributed by atoms with van der Waals surface area (Å²) in [5.41, 5.74) is 11.3. The molecule has 1 aromatic carbocycles. The van der Waals surface area contributed by atoms with Crippen molar-refractivity contribution in [3.63, 3.8) is 0 Å². The molecule has 0 aliphatic carbocycles. The van der Waals surface area contributed by atoms with Gasteiger partial charge in [-0.15, -0.1) is 0 Å². The van der Waals surface area contributed by atoms with Gasteiger partial charge in [0.15, 0.2) is 11.5 Å². The molecule has 0 saturated carbocycles. The molecular weight excluding hydrogens is 490 g/mol. The van der Waals surface area contributed by atoms with Gasteiger partial charge in [0.25, 0.3) is 5.91 Å². The number of imidazole rings is 1. The first-order chi connectivity index (χ1) is 19.1. The van der Waals surface area contributed by atoms with Gasteiger partial charge in [0, 0.05) is 62.6 Å². The summed E-state index contributed by atoms with van der Waals surface area (Å²) in [7, 11) is 0. The number of nitrogens with zero attached hydrogens (tertiary/aromatic N) is 8. The Morgan fingerprint density at radius 3 is 2.46 bits per heavy atom. The number of rotatable bonds is 5. The summed E-state index contributed by atoms with van der Waals surface area (Å²) in [5.74, 6) is 1.04. The van der Waals surface area contributed by atoms with E-state index >= 15 is 0 Å². The molecule has 2 N–H and O–H groups in total. The van der Waals surface area contributed by atoms with Crippen molar-refractivity contribution in [2.75, 3.05) is 31.9 Å². The number of pyridine rings is 3. The van der Waals surface area contributed by atoms with E-state index in [2.05, 4.69) is 44.1 Å². The molecule has 1 saturated heterocycles. The zero-order chi connectivity index (χ0) is 26.8. The van der Waals surface area contributed by atoms with Crippen LogP contribution in [0.1, 0.15) is 21.6 Å². The number of anilines is 1. The fourth-order valence-corrected chi connectivity index (χ4v) is 4.87. The van der Waals surface area contributed by atoms with Gasteiger partial charge in [-0.05, 0) is 54.1 Å². The quantitative estimate of drug-likeness (QED) is 0.377. The number of fused-ring (bicyclic) bond motifs is 1. The van der Waals surface area contributed by atoms with Crippen molar-refractivity contribution in [1.29, 1.82) is 5.26 Å². The number of nitrogen functional groups attached to an aromatic ring is 1. The highest BCUT2D eigenvalue weighted by Gasteiger charge is 2.23. The molecule has 0 unspecified atom stereocenters. The van der Waals surface area contributed by atoms with Crippen molar-refractivity contribution in [3.8, 4) is 23.1 Å². The van der Waals surface area contributed by atoms with E-state index in [9.17, 15) is 4.79 Å². The van der Waals surface area contributed by atoms with Gasteiger partial charge in [0.05, 0.1) is 5.56 Å². The molecule has 1 aliphatic rings. The predicted octanol–water partition coefficient (Wildman–Crippen LogP) is 3.29. The summed E-state index contributed by atoms with van der Waals surface area (Å²) in [6, 6.07) is 21.1. The minimum absolute atomic E-state index is 0.0656. The van der Waals surface area contributed by atoms with Crippen LogP contribution in [0.4, 0.5) is 5.82 Å². The first-order valence-electron chi connectivity index (χ1n) is 12.6. The Morgan fingerprint density at radius 1 is 0.923 bits per heavy atom. The minimum Gasteiger partial charge on any atom is -0.383 e. The molecule has 10 heteroatoms. The third-order valence-electron chi connectivity index (χ3n) is 6.88. The van der Waals surface area contributed by atoms with Crippen LogP contribution in [0.15, 0.2) is 79.3 Å². The van der Waals surface area contributed by atoms with E-state index in [1.54, 1.807) is 24.5 Å². The van der Waals surface area contributed by atoms with E-state index in [0.717, 1.165) is 42.0 Å². The molecule has 0 atom stereocenters. The number of carbonyl (C=O) groups excluding carboxylic acids is 1. The van der Waals surface area contributed by atoms with E-state index in [-0.39, 0.29) is 11.6 Å². The molecule has 5 aromatic rings. The summed E-state index contributed by atoms with van der Waals surface area (Å²) in [6.07, 6.45) is 4.92. The fraction of sp³-hybridized carbons (Fsp3) is 0.172. The molecule has 0 spiro atoms. The van der Waals surface area contributed by atoms with Crippen LogP contribution in [-0.2, 0) is 6.54 Å². The lowest BCUT2D eigenvalue weighted by atomic mass is 10.1. The maximum absolute atomic E-state index is 12.9. The van der Waals surface area contributed by atoms with Gasteiger partial charge in [-0.25, -0.2) is 19.9 Å². The third-order valence-corrected chi connectivity index (χ3v) is 6.88. The third kappa shape index (κ3) is 4.79. The van der Waals surface area contributed by atoms with Gasteiger partial charge in [0.2, 0.25) is 0 Å². The summed E-state index contributed by atoms with van der Waals surface area (Å²) in [6.45, 7) is 3.57. The Hall–Kier alpha value is -5.14. The zero-order valence-electron chi connectivity index (χ0n) is 21.1. The smallest absolute Gasteiger partial charge is 0.254 e. The Balaban J connectivity index is 1.17. The van der Waals surface area contributed by atoms with E-state index in [1.807, 2.05) is 39.8 Å². The lowest BCUT2D eigenvalue weighted by molar-refractivity contribution is 0.0628. The molecule has 1 amide bonds. The number of piperazine rings is 1. The number of aromatic nitrogens is 5. The summed E-state index contributed by atoms with van der Waals surface area (Å²) in [4.78, 5) is 34.6. The topological polar surface area (TPSA) is 130 Å². The van der Waals surface area contributed by atoms with Gasteiger partial charge in [0.1, 0.15) is 23.1 Å². The number of hydrogen-bond acceptors (Lipinski definition) is 8. The van der Waals surface area contributed by atoms with Crippen LogP contribution in [0.25, 0.3) is 28.2 Å². The maximum atomic E-state index is 12.9. The lowest BCUT2D eigenvalue weighted by Gasteiger charge is -2.34. The van der Waals surface area contributed by atoms with Crippen LogP contribution in [0.5, 0.6) is 0 Å². The molecule has 4 aromatic heterocycles. The van der Waals surface area contributed by atoms with Crippen LogP contribution in [-0.4, -0.2) is 66.4 Å². The molecule has 1 aliphatic heterocycles. The normalized spacial score (nSPS) is 13.9. The maximum Gasteiger partial charge on any atom is 0.254 e. The highest BCUT2D eigenvalue weighted by atomic mass is 16.2. The number of amides is 1. The van der Waals surface area contributed by atoms with Crippen molar-refractivity contribution < 1.29 is 4.79 Å². The minimum atomic E-state index is -0.0656. The van der Waals surface area contributed by atoms with Crippen LogP contribution in [0.2, 0.25) is 0 Å². The van der Waals surface area contributed by atoms with E-state index in [4.69, 9.17) is 16.0 Å². The van der Waals surface area contributed by atoms with Gasteiger partial charge >= 0.3 is 0 Å². The van der Waals surface area contributed by atoms with Gasteiger partial charge in [-0.1, -0.05) is 12.1 Å². The SMILES string of the molecule is N#Cc1cc(C(=O)N2CCN(Cc3ccc(-n4c(-c5cccnc5N)nc5cccnc54)cc3)CC2)ccn1. The van der Waals surface area contributed by atoms with Gasteiger partial charge in [-0.2, -0.15) is 5.26 Å². The Bertz CT molecular complexity index is 1700. The molecular formula is C29H25N9O. The number of nitrogens with two attached hydrogens (primary N) is 1. The Kier molecular flexibility index (Phi) is 6.40. The Labute approximate surface area is 225 Å². The monoisotopic (exact) mass is 515 g/mol. The van der Waals surface area contributed by atoms with Crippen molar-refractivity contribution >= 4 is 22.9 Å². The van der Waals surface area contributed by atoms with E-state index < -0.39 is 0 Å². The Morgan fingerprint density at radius 2 is 1.69 bits per heavy atom. The number of nitriles is 1. The van der Waals surface area contributed by atoms with Crippen LogP contribution < -0.4 is 5.73 Å². The molecule has 5 heterocycles. The van der Waals surface area contributed by atoms with Crippen molar-refractivity contribution in [1.82, 2.24) is 34.3 Å². The first-order valence-corrected chi connectivity index (χ1v) is 12.6. The van der Waals surface area contributed by atoms with Crippen molar-refractivity contribution in [2.45, 2.75) is 6.54 Å². The van der Waals surface area contributed by atoms with Crippen molar-refractivity contribution in [3.05, 3.63) is 96.1 Å². The van der Waals surface area contributed by atoms with Gasteiger partial charge in [-0.3, -0.25) is 14.3 Å². The van der Waals surface area contributed by atoms with Crippen LogP contribution >= 0.6 is 0 Å². The lowest BCUT2D eigenvalue weighted by Crippen LogP contribution is -2.48. The van der Waals surface area contributed by atoms with Crippen LogP contribution in [0.3, 0.4) is 0 Å². The summed E-state index contributed by atoms with van der Waals surface area (Å²) >= 11 is 0. The van der Waals surface area contributed by atoms with Gasteiger partial charge < -0.3 is 10.6 Å². The average Bonchev–Trinajstić information content (AvgIpc) is 3.37. The second-order valence-electron chi connectivity index (χ2n) is 9.33. The van der Waals surface area contributed by atoms with E-state index in [1.165, 1.54) is 11.8 Å². The molecule has 0 bridgehead atoms. The molecule has 1 fully saturated rings. The highest BCUT2D eigenvalue weighted by Crippen LogP contribution is 2.30. The number of hydrogen-bond donors (Lipinski definition) is 1. The van der Waals surface area contributed by atoms with Crippen molar-refractivity contribution in [2.24, 2.45) is 0 Å². The summed E-state index contributed by atoms with van der Waals surface area (Å²) < 4.78 is 2.01. The molecule has 39 heavy (non-hydrogen) atoms. The molecule has 10 nitrogen and oxygen atoms in total. The van der Waals surface area contributed by atoms with E-state index in [0.29, 0.717) is 30.3 Å². The highest BCUT2D eigenvalue weighted by molar-refractivity contribution is 5.94.